The van der Waals surface area contributed by atoms with Crippen molar-refractivity contribution < 1.29 is 19.1 Å². The van der Waals surface area contributed by atoms with Gasteiger partial charge in [0.05, 0.1) is 12.1 Å². The maximum absolute atomic E-state index is 11.8. The van der Waals surface area contributed by atoms with E-state index in [2.05, 4.69) is 0 Å². The van der Waals surface area contributed by atoms with Crippen molar-refractivity contribution in [3.63, 3.8) is 0 Å². The second kappa shape index (κ2) is 5.63. The fourth-order valence-corrected chi connectivity index (χ4v) is 2.33. The van der Waals surface area contributed by atoms with Crippen LogP contribution in [0.25, 0.3) is 0 Å². The summed E-state index contributed by atoms with van der Waals surface area (Å²) in [6.45, 7) is 12.7. The highest BCUT2D eigenvalue weighted by Gasteiger charge is 2.45. The Morgan fingerprint density at radius 2 is 1.14 bits per heavy atom. The van der Waals surface area contributed by atoms with Crippen LogP contribution in [0.4, 0.5) is 9.59 Å². The molecule has 2 fully saturated rings. The van der Waals surface area contributed by atoms with E-state index in [1.165, 1.54) is 0 Å². The highest BCUT2D eigenvalue weighted by molar-refractivity contribution is 5.72. The molecule has 6 nitrogen and oxygen atoms in total. The van der Waals surface area contributed by atoms with E-state index < -0.39 is 11.2 Å². The van der Waals surface area contributed by atoms with Crippen molar-refractivity contribution in [2.45, 2.75) is 77.7 Å². The number of carbonyl (C=O) groups excluding carboxylic acids is 2. The Morgan fingerprint density at radius 1 is 0.818 bits per heavy atom. The van der Waals surface area contributed by atoms with Crippen LogP contribution in [0.1, 0.15) is 54.4 Å². The molecule has 0 bridgehead atoms. The highest BCUT2D eigenvalue weighted by Crippen LogP contribution is 2.31. The van der Waals surface area contributed by atoms with Crippen LogP contribution in [0, 0.1) is 0 Å². The monoisotopic (exact) mass is 312 g/mol. The smallest absolute Gasteiger partial charge is 0.410 e. The average molecular weight is 312 g/mol. The van der Waals surface area contributed by atoms with Crippen molar-refractivity contribution in [2.24, 2.45) is 0 Å². The first-order valence-corrected chi connectivity index (χ1v) is 7.95. The minimum Gasteiger partial charge on any atom is -0.444 e. The van der Waals surface area contributed by atoms with E-state index in [1.54, 1.807) is 9.80 Å². The van der Waals surface area contributed by atoms with Gasteiger partial charge >= 0.3 is 12.2 Å². The lowest BCUT2D eigenvalue weighted by Crippen LogP contribution is -2.28. The van der Waals surface area contributed by atoms with Crippen molar-refractivity contribution in [3.05, 3.63) is 0 Å². The average Bonchev–Trinajstić information content (AvgIpc) is 3.17. The van der Waals surface area contributed by atoms with Gasteiger partial charge in [-0.2, -0.15) is 0 Å². The summed E-state index contributed by atoms with van der Waals surface area (Å²) in [5, 5.41) is 0. The quantitative estimate of drug-likeness (QED) is 0.752. The van der Waals surface area contributed by atoms with Gasteiger partial charge in [-0.25, -0.2) is 9.59 Å². The summed E-state index contributed by atoms with van der Waals surface area (Å²) in [6.07, 6.45) is 1.33. The molecule has 0 radical (unpaired) electrons. The van der Waals surface area contributed by atoms with Gasteiger partial charge in [-0.1, -0.05) is 0 Å². The Bertz CT molecular complexity index is 408. The van der Waals surface area contributed by atoms with E-state index in [1.807, 2.05) is 41.5 Å². The molecule has 2 saturated heterocycles. The van der Waals surface area contributed by atoms with Crippen molar-refractivity contribution in [1.82, 2.24) is 9.80 Å². The standard InChI is InChI=1S/C16H28N2O4/c1-15(2,3)21-13(19)17-9-11(17)7-8-12-10-18(12)14(20)22-16(4,5)6/h11-12H,7-10H2,1-6H3. The lowest BCUT2D eigenvalue weighted by molar-refractivity contribution is 0.0385. The molecule has 6 heteroatoms. The molecule has 126 valence electrons. The molecule has 0 saturated carbocycles. The Balaban J connectivity index is 1.64. The molecule has 0 aromatic rings. The van der Waals surface area contributed by atoms with Gasteiger partial charge in [0.25, 0.3) is 0 Å². The highest BCUT2D eigenvalue weighted by atomic mass is 16.6. The molecule has 2 amide bonds. The fraction of sp³-hybridized carbons (Fsp3) is 0.875. The number of hydrogen-bond donors (Lipinski definition) is 0. The Labute approximate surface area is 132 Å². The zero-order valence-corrected chi connectivity index (χ0v) is 14.5. The van der Waals surface area contributed by atoms with Crippen LogP contribution in [0.15, 0.2) is 0 Å². The first-order chi connectivity index (χ1) is 9.96. The first-order valence-electron chi connectivity index (χ1n) is 7.95. The predicted molar refractivity (Wildman–Crippen MR) is 82.7 cm³/mol. The topological polar surface area (TPSA) is 58.6 Å². The van der Waals surface area contributed by atoms with E-state index >= 15 is 0 Å². The normalized spacial score (nSPS) is 24.1. The van der Waals surface area contributed by atoms with Crippen LogP contribution in [-0.2, 0) is 9.47 Å². The van der Waals surface area contributed by atoms with Gasteiger partial charge in [-0.15, -0.1) is 0 Å². The van der Waals surface area contributed by atoms with Gasteiger partial charge in [-0.05, 0) is 54.4 Å². The van der Waals surface area contributed by atoms with Crippen molar-refractivity contribution in [3.8, 4) is 0 Å². The second-order valence-corrected chi connectivity index (χ2v) is 8.15. The van der Waals surface area contributed by atoms with Crippen LogP contribution in [0.2, 0.25) is 0 Å². The molecule has 22 heavy (non-hydrogen) atoms. The van der Waals surface area contributed by atoms with Gasteiger partial charge in [0.2, 0.25) is 0 Å². The first kappa shape index (κ1) is 16.9. The summed E-state index contributed by atoms with van der Waals surface area (Å²) in [5.41, 5.74) is -0.900. The van der Waals surface area contributed by atoms with Crippen LogP contribution in [-0.4, -0.2) is 58.4 Å². The lowest BCUT2D eigenvalue weighted by atomic mass is 10.2. The molecular weight excluding hydrogens is 284 g/mol. The molecule has 2 aliphatic rings. The van der Waals surface area contributed by atoms with E-state index in [4.69, 9.17) is 9.47 Å². The molecule has 2 heterocycles. The number of amides is 2. The molecule has 0 aromatic carbocycles. The summed E-state index contributed by atoms with van der Waals surface area (Å²) in [5.74, 6) is 0. The summed E-state index contributed by atoms with van der Waals surface area (Å²) in [4.78, 5) is 27.2. The van der Waals surface area contributed by atoms with Crippen molar-refractivity contribution in [2.75, 3.05) is 13.1 Å². The molecule has 2 rings (SSSR count). The molecule has 0 N–H and O–H groups in total. The van der Waals surface area contributed by atoms with E-state index in [0.717, 1.165) is 25.9 Å². The number of carbonyl (C=O) groups is 2. The zero-order chi connectivity index (χ0) is 16.7. The fourth-order valence-electron chi connectivity index (χ4n) is 2.33. The van der Waals surface area contributed by atoms with Gasteiger partial charge in [-0.3, -0.25) is 0 Å². The molecule has 2 unspecified atom stereocenters. The SMILES string of the molecule is CC(C)(C)OC(=O)N1CC1CCC1CN1C(=O)OC(C)(C)C. The summed E-state index contributed by atoms with van der Waals surface area (Å²) >= 11 is 0. The number of rotatable bonds is 3. The summed E-state index contributed by atoms with van der Waals surface area (Å²) in [7, 11) is 0. The third kappa shape index (κ3) is 5.07. The van der Waals surface area contributed by atoms with Gasteiger partial charge < -0.3 is 19.3 Å². The minimum atomic E-state index is -0.450. The van der Waals surface area contributed by atoms with E-state index in [-0.39, 0.29) is 24.3 Å². The van der Waals surface area contributed by atoms with Gasteiger partial charge in [0, 0.05) is 13.1 Å². The van der Waals surface area contributed by atoms with Crippen LogP contribution in [0.3, 0.4) is 0 Å². The molecule has 0 spiro atoms. The van der Waals surface area contributed by atoms with Crippen molar-refractivity contribution >= 4 is 12.2 Å². The van der Waals surface area contributed by atoms with Gasteiger partial charge in [0.1, 0.15) is 11.2 Å². The summed E-state index contributed by atoms with van der Waals surface area (Å²) in [6, 6.07) is 0.520. The molecule has 0 aromatic heterocycles. The zero-order valence-electron chi connectivity index (χ0n) is 14.5. The maximum Gasteiger partial charge on any atom is 0.410 e. The van der Waals surface area contributed by atoms with Crippen LogP contribution in [0.5, 0.6) is 0 Å². The van der Waals surface area contributed by atoms with Crippen LogP contribution >= 0.6 is 0 Å². The number of nitrogens with zero attached hydrogens (tertiary/aromatic N) is 2. The third-order valence-corrected chi connectivity index (χ3v) is 3.52. The maximum atomic E-state index is 11.8. The second-order valence-electron chi connectivity index (χ2n) is 8.15. The number of hydrogen-bond acceptors (Lipinski definition) is 4. The summed E-state index contributed by atoms with van der Waals surface area (Å²) < 4.78 is 10.7. The minimum absolute atomic E-state index is 0.239. The van der Waals surface area contributed by atoms with Crippen molar-refractivity contribution in [1.29, 1.82) is 0 Å². The Hall–Kier alpha value is -1.46. The van der Waals surface area contributed by atoms with Crippen LogP contribution < -0.4 is 0 Å². The number of ether oxygens (including phenoxy) is 2. The molecule has 2 atom stereocenters. The predicted octanol–water partition coefficient (Wildman–Crippen LogP) is 3.01. The lowest BCUT2D eigenvalue weighted by Gasteiger charge is -2.20. The molecular formula is C16H28N2O4. The van der Waals surface area contributed by atoms with E-state index in [0.29, 0.717) is 0 Å². The largest absolute Gasteiger partial charge is 0.444 e. The third-order valence-electron chi connectivity index (χ3n) is 3.52. The van der Waals surface area contributed by atoms with E-state index in [9.17, 15) is 9.59 Å². The molecule has 2 aliphatic heterocycles. The Kier molecular flexibility index (Phi) is 4.33. The molecule has 0 aliphatic carbocycles. The Morgan fingerprint density at radius 3 is 1.41 bits per heavy atom. The van der Waals surface area contributed by atoms with Gasteiger partial charge in [0.15, 0.2) is 0 Å².